The summed E-state index contributed by atoms with van der Waals surface area (Å²) in [6, 6.07) is 0. The first-order valence-electron chi connectivity index (χ1n) is 7.08. The molecule has 0 unspecified atom stereocenters. The van der Waals surface area contributed by atoms with Crippen LogP contribution >= 0.6 is 15.9 Å². The van der Waals surface area contributed by atoms with Crippen LogP contribution in [0.15, 0.2) is 4.60 Å². The van der Waals surface area contributed by atoms with E-state index in [0.717, 1.165) is 31.4 Å². The van der Waals surface area contributed by atoms with Crippen LogP contribution < -0.4 is 0 Å². The van der Waals surface area contributed by atoms with Crippen LogP contribution in [-0.2, 0) is 12.6 Å². The number of hydrogen-bond acceptors (Lipinski definition) is 3. The van der Waals surface area contributed by atoms with Crippen LogP contribution in [-0.4, -0.2) is 20.1 Å². The molecule has 1 aliphatic carbocycles. The molecule has 2 rings (SSSR count). The van der Waals surface area contributed by atoms with E-state index in [9.17, 15) is 5.11 Å². The molecule has 1 aliphatic rings. The number of nitrogens with zero attached hydrogens (tertiary/aromatic N) is 3. The van der Waals surface area contributed by atoms with E-state index in [4.69, 9.17) is 0 Å². The molecule has 0 saturated heterocycles. The molecule has 0 radical (unpaired) electrons. The number of aromatic nitrogens is 3. The van der Waals surface area contributed by atoms with Gasteiger partial charge in [0.2, 0.25) is 0 Å². The molecule has 1 aromatic heterocycles. The molecule has 1 saturated carbocycles. The van der Waals surface area contributed by atoms with E-state index in [1.165, 1.54) is 6.42 Å². The quantitative estimate of drug-likeness (QED) is 0.924. The van der Waals surface area contributed by atoms with Gasteiger partial charge in [-0.2, -0.15) is 0 Å². The molecule has 0 bridgehead atoms. The van der Waals surface area contributed by atoms with Gasteiger partial charge in [-0.3, -0.25) is 0 Å². The van der Waals surface area contributed by atoms with Gasteiger partial charge in [0.1, 0.15) is 11.3 Å². The zero-order valence-electron chi connectivity index (χ0n) is 12.3. The summed E-state index contributed by atoms with van der Waals surface area (Å²) in [5.41, 5.74) is 0.404. The van der Waals surface area contributed by atoms with Crippen LogP contribution in [0.3, 0.4) is 0 Å². The average Bonchev–Trinajstić information content (AvgIpc) is 2.70. The van der Waals surface area contributed by atoms with E-state index in [2.05, 4.69) is 47.0 Å². The topological polar surface area (TPSA) is 50.9 Å². The normalized spacial score (nSPS) is 28.6. The smallest absolute Gasteiger partial charge is 0.154 e. The second kappa shape index (κ2) is 5.17. The Balaban J connectivity index is 2.15. The van der Waals surface area contributed by atoms with Crippen molar-refractivity contribution in [3.8, 4) is 0 Å². The lowest BCUT2D eigenvalue weighted by Crippen LogP contribution is -2.37. The van der Waals surface area contributed by atoms with Gasteiger partial charge < -0.3 is 5.11 Å². The minimum atomic E-state index is -0.780. The highest BCUT2D eigenvalue weighted by Crippen LogP contribution is 2.47. The Hall–Kier alpha value is -0.420. The summed E-state index contributed by atoms with van der Waals surface area (Å²) >= 11 is 3.40. The van der Waals surface area contributed by atoms with Gasteiger partial charge in [0.15, 0.2) is 4.60 Å². The highest BCUT2D eigenvalue weighted by molar-refractivity contribution is 9.10. The SMILES string of the molecule is CCC(C)(C)C1CCC(O)(c2c(Br)nnn2C)CC1. The van der Waals surface area contributed by atoms with Gasteiger partial charge >= 0.3 is 0 Å². The van der Waals surface area contributed by atoms with Crippen LogP contribution in [0.2, 0.25) is 0 Å². The molecule has 0 aliphatic heterocycles. The van der Waals surface area contributed by atoms with Crippen molar-refractivity contribution in [3.63, 3.8) is 0 Å². The predicted octanol–water partition coefficient (Wildman–Crippen LogP) is 3.39. The van der Waals surface area contributed by atoms with Crippen molar-refractivity contribution in [2.45, 2.75) is 58.5 Å². The van der Waals surface area contributed by atoms with Crippen molar-refractivity contribution in [2.24, 2.45) is 18.4 Å². The largest absolute Gasteiger partial charge is 0.383 e. The summed E-state index contributed by atoms with van der Waals surface area (Å²) in [7, 11) is 1.84. The summed E-state index contributed by atoms with van der Waals surface area (Å²) in [5.74, 6) is 0.692. The van der Waals surface area contributed by atoms with Gasteiger partial charge in [0.05, 0.1) is 0 Å². The zero-order valence-corrected chi connectivity index (χ0v) is 13.9. The maximum atomic E-state index is 10.9. The van der Waals surface area contributed by atoms with Crippen molar-refractivity contribution < 1.29 is 5.11 Å². The van der Waals surface area contributed by atoms with Crippen molar-refractivity contribution >= 4 is 15.9 Å². The summed E-state index contributed by atoms with van der Waals surface area (Å²) in [6.45, 7) is 6.93. The maximum Gasteiger partial charge on any atom is 0.154 e. The summed E-state index contributed by atoms with van der Waals surface area (Å²) in [6.07, 6.45) is 4.90. The van der Waals surface area contributed by atoms with Crippen molar-refractivity contribution in [1.82, 2.24) is 15.0 Å². The van der Waals surface area contributed by atoms with Gasteiger partial charge in [-0.1, -0.05) is 32.4 Å². The van der Waals surface area contributed by atoms with E-state index in [-0.39, 0.29) is 0 Å². The van der Waals surface area contributed by atoms with Crippen molar-refractivity contribution in [2.75, 3.05) is 0 Å². The Kier molecular flexibility index (Phi) is 4.07. The van der Waals surface area contributed by atoms with Gasteiger partial charge in [-0.15, -0.1) is 5.10 Å². The van der Waals surface area contributed by atoms with Crippen LogP contribution in [0.4, 0.5) is 0 Å². The number of hydrogen-bond donors (Lipinski definition) is 1. The Bertz CT molecular complexity index is 428. The fourth-order valence-electron chi connectivity index (χ4n) is 3.23. The lowest BCUT2D eigenvalue weighted by molar-refractivity contribution is -0.0391. The highest BCUT2D eigenvalue weighted by atomic mass is 79.9. The first-order chi connectivity index (χ1) is 8.80. The number of aryl methyl sites for hydroxylation is 1. The van der Waals surface area contributed by atoms with Gasteiger partial charge in [0, 0.05) is 7.05 Å². The molecule has 5 heteroatoms. The molecule has 1 N–H and O–H groups in total. The molecule has 0 atom stereocenters. The van der Waals surface area contributed by atoms with E-state index < -0.39 is 5.60 Å². The highest BCUT2D eigenvalue weighted by Gasteiger charge is 2.42. The van der Waals surface area contributed by atoms with Crippen LogP contribution in [0.1, 0.15) is 58.6 Å². The summed E-state index contributed by atoms with van der Waals surface area (Å²) in [5, 5.41) is 18.9. The Morgan fingerprint density at radius 3 is 2.42 bits per heavy atom. The molecule has 0 spiro atoms. The first kappa shape index (κ1) is 15.0. The van der Waals surface area contributed by atoms with Crippen molar-refractivity contribution in [1.29, 1.82) is 0 Å². The molecule has 1 fully saturated rings. The first-order valence-corrected chi connectivity index (χ1v) is 7.87. The second-order valence-corrected chi connectivity index (χ2v) is 7.25. The van der Waals surface area contributed by atoms with Gasteiger partial charge in [-0.05, 0) is 52.9 Å². The van der Waals surface area contributed by atoms with Gasteiger partial charge in [0.25, 0.3) is 0 Å². The Morgan fingerprint density at radius 1 is 1.42 bits per heavy atom. The minimum Gasteiger partial charge on any atom is -0.383 e. The van der Waals surface area contributed by atoms with E-state index in [0.29, 0.717) is 15.9 Å². The third kappa shape index (κ3) is 2.72. The maximum absolute atomic E-state index is 10.9. The molecule has 0 amide bonds. The Labute approximate surface area is 123 Å². The fraction of sp³-hybridized carbons (Fsp3) is 0.857. The molecular weight excluding hydrogens is 306 g/mol. The summed E-state index contributed by atoms with van der Waals surface area (Å²) in [4.78, 5) is 0. The molecule has 0 aromatic carbocycles. The third-order valence-corrected chi connectivity index (χ3v) is 5.59. The van der Waals surface area contributed by atoms with E-state index >= 15 is 0 Å². The minimum absolute atomic E-state index is 0.364. The molecule has 4 nitrogen and oxygen atoms in total. The second-order valence-electron chi connectivity index (χ2n) is 6.50. The Morgan fingerprint density at radius 2 is 2.00 bits per heavy atom. The third-order valence-electron chi connectivity index (χ3n) is 5.06. The molecule has 1 heterocycles. The standard InChI is InChI=1S/C14H24BrN3O/c1-5-13(2,3)10-6-8-14(19,9-7-10)11-12(15)16-17-18(11)4/h10,19H,5-9H2,1-4H3. The van der Waals surface area contributed by atoms with Crippen LogP contribution in [0.5, 0.6) is 0 Å². The zero-order chi connectivity index (χ0) is 14.3. The van der Waals surface area contributed by atoms with E-state index in [1.807, 2.05) is 7.05 Å². The number of aliphatic hydroxyl groups is 1. The molecule has 1 aromatic rings. The lowest BCUT2D eigenvalue weighted by Gasteiger charge is -2.42. The number of rotatable bonds is 3. The molecule has 19 heavy (non-hydrogen) atoms. The van der Waals surface area contributed by atoms with Gasteiger partial charge in [-0.25, -0.2) is 4.68 Å². The van der Waals surface area contributed by atoms with Crippen LogP contribution in [0, 0.1) is 11.3 Å². The van der Waals surface area contributed by atoms with Crippen molar-refractivity contribution in [3.05, 3.63) is 10.3 Å². The predicted molar refractivity (Wildman–Crippen MR) is 78.6 cm³/mol. The monoisotopic (exact) mass is 329 g/mol. The average molecular weight is 330 g/mol. The van der Waals surface area contributed by atoms with Crippen LogP contribution in [0.25, 0.3) is 0 Å². The number of halogens is 1. The molecule has 108 valence electrons. The fourth-order valence-corrected chi connectivity index (χ4v) is 3.92. The lowest BCUT2D eigenvalue weighted by atomic mass is 9.66. The molecular formula is C14H24BrN3O. The summed E-state index contributed by atoms with van der Waals surface area (Å²) < 4.78 is 2.36. The van der Waals surface area contributed by atoms with E-state index in [1.54, 1.807) is 4.68 Å².